The maximum atomic E-state index is 12.7. The number of ether oxygens (including phenoxy) is 2. The van der Waals surface area contributed by atoms with Gasteiger partial charge in [0.25, 0.3) is 0 Å². The Morgan fingerprint density at radius 3 is 2.44 bits per heavy atom. The quantitative estimate of drug-likeness (QED) is 0.527. The van der Waals surface area contributed by atoms with E-state index in [1.807, 2.05) is 26.0 Å². The number of carbonyl (C=O) groups excluding carboxylic acids is 2. The average molecular weight is 496 g/mol. The molecular formula is C23H24F3N3O4S. The molecule has 0 saturated carbocycles. The minimum atomic E-state index is -4.97. The van der Waals surface area contributed by atoms with Crippen LogP contribution in [0.25, 0.3) is 0 Å². The minimum absolute atomic E-state index is 0.00217. The van der Waals surface area contributed by atoms with Crippen molar-refractivity contribution >= 4 is 34.3 Å². The fraction of sp³-hybridized carbons (Fsp3) is 0.348. The lowest BCUT2D eigenvalue weighted by Gasteiger charge is -2.28. The Morgan fingerprint density at radius 1 is 1.15 bits per heavy atom. The number of halogens is 3. The zero-order valence-electron chi connectivity index (χ0n) is 18.8. The molecule has 2 aromatic carbocycles. The van der Waals surface area contributed by atoms with Gasteiger partial charge in [0.1, 0.15) is 0 Å². The Hall–Kier alpha value is -3.21. The Balaban J connectivity index is 1.83. The Kier molecular flexibility index (Phi) is 8.08. The van der Waals surface area contributed by atoms with E-state index >= 15 is 0 Å². The van der Waals surface area contributed by atoms with Gasteiger partial charge in [0.15, 0.2) is 11.5 Å². The van der Waals surface area contributed by atoms with Crippen LogP contribution in [0.2, 0.25) is 0 Å². The third-order valence-corrected chi connectivity index (χ3v) is 6.17. The lowest BCUT2D eigenvalue weighted by atomic mass is 10.0. The monoisotopic (exact) mass is 495 g/mol. The molecule has 1 heterocycles. The van der Waals surface area contributed by atoms with Gasteiger partial charge >= 0.3 is 17.3 Å². The predicted octanol–water partition coefficient (Wildman–Crippen LogP) is 5.45. The fourth-order valence-corrected chi connectivity index (χ4v) is 4.20. The fourth-order valence-electron chi connectivity index (χ4n) is 3.27. The molecule has 34 heavy (non-hydrogen) atoms. The van der Waals surface area contributed by atoms with Crippen LogP contribution in [0.1, 0.15) is 31.4 Å². The van der Waals surface area contributed by atoms with Gasteiger partial charge in [0.05, 0.1) is 31.2 Å². The van der Waals surface area contributed by atoms with Gasteiger partial charge in [-0.3, -0.25) is 9.59 Å². The largest absolute Gasteiger partial charge is 0.493 e. The Morgan fingerprint density at radius 2 is 1.85 bits per heavy atom. The number of anilines is 1. The highest BCUT2D eigenvalue weighted by atomic mass is 32.2. The predicted molar refractivity (Wildman–Crippen MR) is 124 cm³/mol. The molecule has 11 heteroatoms. The summed E-state index contributed by atoms with van der Waals surface area (Å²) in [7, 11) is 1.56. The zero-order valence-corrected chi connectivity index (χ0v) is 19.6. The van der Waals surface area contributed by atoms with Gasteiger partial charge in [0, 0.05) is 11.3 Å². The van der Waals surface area contributed by atoms with Crippen molar-refractivity contribution in [3.8, 4) is 11.5 Å². The molecule has 0 fully saturated rings. The Labute approximate surface area is 199 Å². The number of thioether (sulfide) groups is 1. The maximum Gasteiger partial charge on any atom is 0.471 e. The molecule has 2 aromatic rings. The molecule has 2 amide bonds. The van der Waals surface area contributed by atoms with E-state index in [-0.39, 0.29) is 22.7 Å². The average Bonchev–Trinajstić information content (AvgIpc) is 2.81. The van der Waals surface area contributed by atoms with E-state index in [2.05, 4.69) is 5.10 Å². The molecule has 1 aliphatic heterocycles. The van der Waals surface area contributed by atoms with Gasteiger partial charge in [-0.05, 0) is 49.2 Å². The minimum Gasteiger partial charge on any atom is -0.493 e. The molecule has 1 aliphatic rings. The molecule has 0 aliphatic carbocycles. The van der Waals surface area contributed by atoms with Crippen molar-refractivity contribution in [3.05, 3.63) is 53.6 Å². The third-order valence-electron chi connectivity index (χ3n) is 4.92. The number of carbonyl (C=O) groups is 2. The van der Waals surface area contributed by atoms with Crippen LogP contribution < -0.4 is 14.8 Å². The highest BCUT2D eigenvalue weighted by Crippen LogP contribution is 2.34. The van der Waals surface area contributed by atoms with Crippen LogP contribution >= 0.6 is 11.8 Å². The van der Waals surface area contributed by atoms with Crippen LogP contribution in [0, 0.1) is 0 Å². The van der Waals surface area contributed by atoms with Crippen molar-refractivity contribution in [1.82, 2.24) is 5.01 Å². The van der Waals surface area contributed by atoms with Crippen molar-refractivity contribution in [2.75, 3.05) is 19.0 Å². The number of nitrogens with one attached hydrogen (secondary N) is 1. The summed E-state index contributed by atoms with van der Waals surface area (Å²) in [6.45, 7) is 4.42. The first kappa shape index (κ1) is 25.4. The van der Waals surface area contributed by atoms with Crippen LogP contribution in [-0.4, -0.2) is 47.0 Å². The highest BCUT2D eigenvalue weighted by Gasteiger charge is 2.38. The summed E-state index contributed by atoms with van der Waals surface area (Å²) in [5.41, 5.74) is 2.15. The lowest BCUT2D eigenvalue weighted by Crippen LogP contribution is -2.34. The van der Waals surface area contributed by atoms with Crippen molar-refractivity contribution < 1.29 is 32.2 Å². The van der Waals surface area contributed by atoms with Gasteiger partial charge in [-0.2, -0.15) is 18.3 Å². The van der Waals surface area contributed by atoms with E-state index in [1.165, 1.54) is 29.3 Å². The van der Waals surface area contributed by atoms with E-state index in [0.29, 0.717) is 35.8 Å². The third kappa shape index (κ3) is 6.02. The normalized spacial score (nSPS) is 16.2. The van der Waals surface area contributed by atoms with Crippen LogP contribution in [0.15, 0.2) is 47.6 Å². The van der Waals surface area contributed by atoms with Gasteiger partial charge in [-0.1, -0.05) is 30.8 Å². The molecule has 1 atom stereocenters. The molecular weight excluding hydrogens is 471 g/mol. The van der Waals surface area contributed by atoms with Crippen molar-refractivity contribution in [2.45, 2.75) is 38.2 Å². The standard InChI is InChI=1S/C23H24F3N3O4S/c1-4-19-20(15-8-11-17(32-3)18(12-15)33-5-2)28-29(22(31)34-19)13-14-6-9-16(10-7-14)27-21(30)23(24,25)26/h6-12,19H,4-5,13H2,1-3H3,(H,27,30). The van der Waals surface area contributed by atoms with Crippen LogP contribution in [0.5, 0.6) is 11.5 Å². The molecule has 182 valence electrons. The van der Waals surface area contributed by atoms with Gasteiger partial charge in [-0.15, -0.1) is 0 Å². The number of methoxy groups -OCH3 is 1. The van der Waals surface area contributed by atoms with Crippen LogP contribution in [-0.2, 0) is 11.3 Å². The summed E-state index contributed by atoms with van der Waals surface area (Å²) in [6.07, 6.45) is -4.28. The lowest BCUT2D eigenvalue weighted by molar-refractivity contribution is -0.167. The smallest absolute Gasteiger partial charge is 0.471 e. The first-order chi connectivity index (χ1) is 16.2. The number of rotatable bonds is 8. The van der Waals surface area contributed by atoms with E-state index in [1.54, 1.807) is 18.5 Å². The van der Waals surface area contributed by atoms with Crippen molar-refractivity contribution in [2.24, 2.45) is 5.10 Å². The van der Waals surface area contributed by atoms with Crippen molar-refractivity contribution in [3.63, 3.8) is 0 Å². The van der Waals surface area contributed by atoms with Gasteiger partial charge in [0.2, 0.25) is 0 Å². The summed E-state index contributed by atoms with van der Waals surface area (Å²) >= 11 is 1.16. The summed E-state index contributed by atoms with van der Waals surface area (Å²) in [4.78, 5) is 23.8. The topological polar surface area (TPSA) is 80.2 Å². The van der Waals surface area contributed by atoms with Crippen molar-refractivity contribution in [1.29, 1.82) is 0 Å². The molecule has 0 aromatic heterocycles. The van der Waals surface area contributed by atoms with E-state index in [9.17, 15) is 22.8 Å². The number of benzene rings is 2. The first-order valence-corrected chi connectivity index (χ1v) is 11.4. The van der Waals surface area contributed by atoms with Gasteiger partial charge in [-0.25, -0.2) is 5.01 Å². The zero-order chi connectivity index (χ0) is 24.9. The number of hydrazone groups is 1. The second-order valence-electron chi connectivity index (χ2n) is 7.27. The summed E-state index contributed by atoms with van der Waals surface area (Å²) in [5, 5.41) is 7.34. The summed E-state index contributed by atoms with van der Waals surface area (Å²) in [5.74, 6) is -0.882. The molecule has 0 radical (unpaired) electrons. The number of nitrogens with zero attached hydrogens (tertiary/aromatic N) is 2. The van der Waals surface area contributed by atoms with E-state index < -0.39 is 12.1 Å². The molecule has 0 bridgehead atoms. The molecule has 1 unspecified atom stereocenters. The number of hydrogen-bond acceptors (Lipinski definition) is 6. The number of hydrogen-bond donors (Lipinski definition) is 1. The van der Waals surface area contributed by atoms with Crippen LogP contribution in [0.4, 0.5) is 23.7 Å². The molecule has 3 rings (SSSR count). The van der Waals surface area contributed by atoms with Gasteiger partial charge < -0.3 is 14.8 Å². The molecule has 0 spiro atoms. The number of alkyl halides is 3. The highest BCUT2D eigenvalue weighted by molar-refractivity contribution is 8.14. The Bertz CT molecular complexity index is 1070. The summed E-state index contributed by atoms with van der Waals surface area (Å²) in [6, 6.07) is 11.2. The summed E-state index contributed by atoms with van der Waals surface area (Å²) < 4.78 is 48.3. The van der Waals surface area contributed by atoms with E-state index in [4.69, 9.17) is 9.47 Å². The molecule has 7 nitrogen and oxygen atoms in total. The molecule has 0 saturated heterocycles. The van der Waals surface area contributed by atoms with E-state index in [0.717, 1.165) is 17.3 Å². The first-order valence-electron chi connectivity index (χ1n) is 10.5. The maximum absolute atomic E-state index is 12.7. The van der Waals surface area contributed by atoms with Crippen LogP contribution in [0.3, 0.4) is 0 Å². The second-order valence-corrected chi connectivity index (χ2v) is 8.42. The molecule has 1 N–H and O–H groups in total. The SMILES string of the molecule is CCOc1cc(C2=NN(Cc3ccc(NC(=O)C(F)(F)F)cc3)C(=O)SC2CC)ccc1OC. The number of amides is 2. The second kappa shape index (κ2) is 10.8.